The molecule has 1 aliphatic rings. The third kappa shape index (κ3) is 4.43. The second kappa shape index (κ2) is 7.99. The van der Waals surface area contributed by atoms with Crippen LogP contribution in [0.3, 0.4) is 0 Å². The van der Waals surface area contributed by atoms with Gasteiger partial charge in [0.1, 0.15) is 0 Å². The second-order valence-corrected chi connectivity index (χ2v) is 5.83. The highest BCUT2D eigenvalue weighted by Crippen LogP contribution is 2.25. The van der Waals surface area contributed by atoms with Crippen molar-refractivity contribution in [3.63, 3.8) is 0 Å². The number of nitrogens with two attached hydrogens (primary N) is 1. The molecule has 0 radical (unpaired) electrons. The molecular formula is C18H26N2O. The Morgan fingerprint density at radius 3 is 2.62 bits per heavy atom. The number of amides is 1. The maximum Gasteiger partial charge on any atom is 0.223 e. The van der Waals surface area contributed by atoms with Crippen LogP contribution in [-0.2, 0) is 4.79 Å². The first kappa shape index (κ1) is 15.8. The molecule has 2 rings (SSSR count). The van der Waals surface area contributed by atoms with Crippen molar-refractivity contribution >= 4 is 5.91 Å². The molecule has 3 heteroatoms. The summed E-state index contributed by atoms with van der Waals surface area (Å²) in [6.45, 7) is 4.44. The molecule has 1 aromatic rings. The van der Waals surface area contributed by atoms with Crippen molar-refractivity contribution in [2.75, 3.05) is 6.54 Å². The number of hydrogen-bond acceptors (Lipinski definition) is 2. The lowest BCUT2D eigenvalue weighted by Gasteiger charge is -2.28. The van der Waals surface area contributed by atoms with Gasteiger partial charge in [-0.25, -0.2) is 0 Å². The van der Waals surface area contributed by atoms with Crippen LogP contribution in [0, 0.1) is 0 Å². The molecule has 1 fully saturated rings. The monoisotopic (exact) mass is 286 g/mol. The fourth-order valence-electron chi connectivity index (χ4n) is 3.10. The van der Waals surface area contributed by atoms with Crippen LogP contribution in [0.4, 0.5) is 0 Å². The Labute approximate surface area is 127 Å². The predicted octanol–water partition coefficient (Wildman–Crippen LogP) is 3.42. The zero-order valence-corrected chi connectivity index (χ0v) is 12.7. The van der Waals surface area contributed by atoms with E-state index in [0.717, 1.165) is 18.4 Å². The van der Waals surface area contributed by atoms with E-state index >= 15 is 0 Å². The summed E-state index contributed by atoms with van der Waals surface area (Å²) in [6.07, 6.45) is 7.76. The minimum Gasteiger partial charge on any atom is -0.336 e. The van der Waals surface area contributed by atoms with Gasteiger partial charge in [-0.3, -0.25) is 4.79 Å². The van der Waals surface area contributed by atoms with E-state index in [2.05, 4.69) is 6.58 Å². The molecule has 114 valence electrons. The predicted molar refractivity (Wildman–Crippen MR) is 86.8 cm³/mol. The van der Waals surface area contributed by atoms with E-state index in [1.165, 1.54) is 12.8 Å². The standard InChI is InChI=1S/C18H26N2O/c1-2-14-20(16-10-6-7-11-16)18(21)13-12-17(19)15-8-4-3-5-9-15/h2-5,8-9,16-17H,1,6-7,10-14,19H2. The van der Waals surface area contributed by atoms with Gasteiger partial charge in [0.05, 0.1) is 0 Å². The molecule has 21 heavy (non-hydrogen) atoms. The molecule has 3 nitrogen and oxygen atoms in total. The van der Waals surface area contributed by atoms with Gasteiger partial charge in [0.25, 0.3) is 0 Å². The fraction of sp³-hybridized carbons (Fsp3) is 0.500. The lowest BCUT2D eigenvalue weighted by Crippen LogP contribution is -2.39. The SMILES string of the molecule is C=CCN(C(=O)CCC(N)c1ccccc1)C1CCCC1. The third-order valence-electron chi connectivity index (χ3n) is 4.31. The van der Waals surface area contributed by atoms with Crippen LogP contribution < -0.4 is 5.73 Å². The zero-order chi connectivity index (χ0) is 15.1. The zero-order valence-electron chi connectivity index (χ0n) is 12.7. The van der Waals surface area contributed by atoms with E-state index in [1.54, 1.807) is 0 Å². The number of benzene rings is 1. The minimum atomic E-state index is -0.0655. The van der Waals surface area contributed by atoms with Crippen LogP contribution in [0.15, 0.2) is 43.0 Å². The minimum absolute atomic E-state index is 0.0655. The quantitative estimate of drug-likeness (QED) is 0.781. The van der Waals surface area contributed by atoms with Crippen molar-refractivity contribution < 1.29 is 4.79 Å². The summed E-state index contributed by atoms with van der Waals surface area (Å²) in [7, 11) is 0. The van der Waals surface area contributed by atoms with Gasteiger partial charge in [0.2, 0.25) is 5.91 Å². The van der Waals surface area contributed by atoms with Crippen LogP contribution in [0.1, 0.15) is 50.1 Å². The molecule has 0 aliphatic heterocycles. The van der Waals surface area contributed by atoms with Crippen molar-refractivity contribution in [2.45, 2.75) is 50.6 Å². The van der Waals surface area contributed by atoms with Crippen LogP contribution >= 0.6 is 0 Å². The number of hydrogen-bond donors (Lipinski definition) is 1. The van der Waals surface area contributed by atoms with Crippen LogP contribution in [0.2, 0.25) is 0 Å². The molecule has 1 amide bonds. The van der Waals surface area contributed by atoms with E-state index in [9.17, 15) is 4.79 Å². The summed E-state index contributed by atoms with van der Waals surface area (Å²) in [5.41, 5.74) is 7.28. The van der Waals surface area contributed by atoms with E-state index in [-0.39, 0.29) is 11.9 Å². The lowest BCUT2D eigenvalue weighted by atomic mass is 10.0. The summed E-state index contributed by atoms with van der Waals surface area (Å²) in [5.74, 6) is 0.216. The molecule has 1 atom stereocenters. The van der Waals surface area contributed by atoms with Gasteiger partial charge in [-0.1, -0.05) is 49.2 Å². The van der Waals surface area contributed by atoms with Crippen molar-refractivity contribution in [2.24, 2.45) is 5.73 Å². The molecule has 1 aromatic carbocycles. The second-order valence-electron chi connectivity index (χ2n) is 5.83. The van der Waals surface area contributed by atoms with Gasteiger partial charge in [0, 0.05) is 25.0 Å². The van der Waals surface area contributed by atoms with E-state index in [4.69, 9.17) is 5.73 Å². The number of carbonyl (C=O) groups is 1. The van der Waals surface area contributed by atoms with Crippen molar-refractivity contribution in [1.29, 1.82) is 0 Å². The number of nitrogens with zero attached hydrogens (tertiary/aromatic N) is 1. The van der Waals surface area contributed by atoms with Gasteiger partial charge >= 0.3 is 0 Å². The van der Waals surface area contributed by atoms with Gasteiger partial charge in [-0.15, -0.1) is 6.58 Å². The smallest absolute Gasteiger partial charge is 0.223 e. The van der Waals surface area contributed by atoms with Gasteiger partial charge in [0.15, 0.2) is 0 Å². The Morgan fingerprint density at radius 1 is 1.33 bits per heavy atom. The molecular weight excluding hydrogens is 260 g/mol. The molecule has 0 saturated heterocycles. The van der Waals surface area contributed by atoms with Crippen LogP contribution in [-0.4, -0.2) is 23.4 Å². The maximum absolute atomic E-state index is 12.5. The number of carbonyl (C=O) groups excluding carboxylic acids is 1. The highest BCUT2D eigenvalue weighted by Gasteiger charge is 2.25. The maximum atomic E-state index is 12.5. The molecule has 0 aromatic heterocycles. The molecule has 1 aliphatic carbocycles. The summed E-state index contributed by atoms with van der Waals surface area (Å²) < 4.78 is 0. The normalized spacial score (nSPS) is 16.6. The van der Waals surface area contributed by atoms with E-state index in [0.29, 0.717) is 25.4 Å². The van der Waals surface area contributed by atoms with Crippen LogP contribution in [0.5, 0.6) is 0 Å². The Morgan fingerprint density at radius 2 is 2.00 bits per heavy atom. The first-order valence-electron chi connectivity index (χ1n) is 7.93. The summed E-state index contributed by atoms with van der Waals surface area (Å²) in [6, 6.07) is 10.3. The molecule has 2 N–H and O–H groups in total. The number of rotatable bonds is 7. The summed E-state index contributed by atoms with van der Waals surface area (Å²) in [4.78, 5) is 14.5. The van der Waals surface area contributed by atoms with Gasteiger partial charge in [-0.2, -0.15) is 0 Å². The first-order chi connectivity index (χ1) is 10.2. The highest BCUT2D eigenvalue weighted by molar-refractivity contribution is 5.76. The molecule has 1 saturated carbocycles. The summed E-state index contributed by atoms with van der Waals surface area (Å²) >= 11 is 0. The van der Waals surface area contributed by atoms with Crippen molar-refractivity contribution in [3.8, 4) is 0 Å². The Kier molecular flexibility index (Phi) is 6.00. The topological polar surface area (TPSA) is 46.3 Å². The highest BCUT2D eigenvalue weighted by atomic mass is 16.2. The third-order valence-corrected chi connectivity index (χ3v) is 4.31. The van der Waals surface area contributed by atoms with Gasteiger partial charge < -0.3 is 10.6 Å². The Balaban J connectivity index is 1.88. The Bertz CT molecular complexity index is 452. The van der Waals surface area contributed by atoms with Crippen LogP contribution in [0.25, 0.3) is 0 Å². The fourth-order valence-corrected chi connectivity index (χ4v) is 3.10. The lowest BCUT2D eigenvalue weighted by molar-refractivity contribution is -0.133. The molecule has 1 unspecified atom stereocenters. The average molecular weight is 286 g/mol. The molecule has 0 spiro atoms. The largest absolute Gasteiger partial charge is 0.336 e. The molecule has 0 heterocycles. The average Bonchev–Trinajstić information content (AvgIpc) is 3.04. The van der Waals surface area contributed by atoms with E-state index in [1.807, 2.05) is 41.3 Å². The Hall–Kier alpha value is -1.61. The van der Waals surface area contributed by atoms with Crippen molar-refractivity contribution in [3.05, 3.63) is 48.6 Å². The van der Waals surface area contributed by atoms with E-state index < -0.39 is 0 Å². The molecule has 0 bridgehead atoms. The first-order valence-corrected chi connectivity index (χ1v) is 7.93. The van der Waals surface area contributed by atoms with Crippen molar-refractivity contribution in [1.82, 2.24) is 4.90 Å². The van der Waals surface area contributed by atoms with Gasteiger partial charge in [-0.05, 0) is 24.8 Å². The summed E-state index contributed by atoms with van der Waals surface area (Å²) in [5, 5.41) is 0.